The minimum Gasteiger partial charge on any atom is -0.480 e. The molecule has 2 amide bonds. The summed E-state index contributed by atoms with van der Waals surface area (Å²) in [5.41, 5.74) is 0. The molecule has 2 N–H and O–H groups in total. The van der Waals surface area contributed by atoms with Crippen LogP contribution in [0.4, 0.5) is 4.79 Å². The topological polar surface area (TPSA) is 72.9 Å². The predicted octanol–water partition coefficient (Wildman–Crippen LogP) is 0.834. The van der Waals surface area contributed by atoms with E-state index in [-0.39, 0.29) is 12.6 Å². The van der Waals surface area contributed by atoms with Crippen LogP contribution in [-0.2, 0) is 4.79 Å². The van der Waals surface area contributed by atoms with Gasteiger partial charge in [-0.25, -0.2) is 4.79 Å². The van der Waals surface area contributed by atoms with Gasteiger partial charge >= 0.3 is 12.0 Å². The van der Waals surface area contributed by atoms with Gasteiger partial charge in [0.1, 0.15) is 6.54 Å². The quantitative estimate of drug-likeness (QED) is 0.757. The Morgan fingerprint density at radius 1 is 1.20 bits per heavy atom. The van der Waals surface area contributed by atoms with Crippen LogP contribution in [0, 0.1) is 11.8 Å². The highest BCUT2D eigenvalue weighted by molar-refractivity contribution is 5.80. The van der Waals surface area contributed by atoms with Gasteiger partial charge < -0.3 is 20.2 Å². The third-order valence-electron chi connectivity index (χ3n) is 4.17. The van der Waals surface area contributed by atoms with E-state index < -0.39 is 5.97 Å². The number of carboxylic acids is 1. The lowest BCUT2D eigenvalue weighted by molar-refractivity contribution is -0.137. The standard InChI is InChI=1S/C14H25N3O3/c1-16-6-4-11(5-7-16)8-15-14(20)17(10-13(18)19)9-12-2-3-12/h11-12H,2-10H2,1H3,(H,15,20)(H,18,19). The highest BCUT2D eigenvalue weighted by Gasteiger charge is 2.28. The smallest absolute Gasteiger partial charge is 0.323 e. The Bertz CT molecular complexity index is 350. The van der Waals surface area contributed by atoms with Gasteiger partial charge in [-0.05, 0) is 57.7 Å². The van der Waals surface area contributed by atoms with Crippen molar-refractivity contribution in [2.24, 2.45) is 11.8 Å². The molecule has 0 spiro atoms. The van der Waals surface area contributed by atoms with E-state index in [1.165, 1.54) is 4.90 Å². The number of urea groups is 1. The van der Waals surface area contributed by atoms with Crippen LogP contribution in [0.1, 0.15) is 25.7 Å². The Morgan fingerprint density at radius 2 is 1.85 bits per heavy atom. The monoisotopic (exact) mass is 283 g/mol. The van der Waals surface area contributed by atoms with Crippen molar-refractivity contribution in [2.75, 3.05) is 39.8 Å². The first-order valence-corrected chi connectivity index (χ1v) is 7.47. The van der Waals surface area contributed by atoms with Gasteiger partial charge in [0.2, 0.25) is 0 Å². The number of carbonyl (C=O) groups is 2. The van der Waals surface area contributed by atoms with Crippen molar-refractivity contribution < 1.29 is 14.7 Å². The second-order valence-electron chi connectivity index (χ2n) is 6.15. The van der Waals surface area contributed by atoms with Gasteiger partial charge in [-0.2, -0.15) is 0 Å². The first-order valence-electron chi connectivity index (χ1n) is 7.47. The number of carbonyl (C=O) groups excluding carboxylic acids is 1. The lowest BCUT2D eigenvalue weighted by Crippen LogP contribution is -2.46. The summed E-state index contributed by atoms with van der Waals surface area (Å²) in [6.07, 6.45) is 4.41. The number of hydrogen-bond acceptors (Lipinski definition) is 3. The van der Waals surface area contributed by atoms with Gasteiger partial charge in [0.25, 0.3) is 0 Å². The van der Waals surface area contributed by atoms with Crippen LogP contribution in [0.2, 0.25) is 0 Å². The summed E-state index contributed by atoms with van der Waals surface area (Å²) in [6, 6.07) is -0.224. The Hall–Kier alpha value is -1.30. The maximum Gasteiger partial charge on any atom is 0.323 e. The number of aliphatic carboxylic acids is 1. The van der Waals surface area contributed by atoms with E-state index in [1.807, 2.05) is 0 Å². The number of piperidine rings is 1. The number of nitrogens with one attached hydrogen (secondary N) is 1. The summed E-state index contributed by atoms with van der Waals surface area (Å²) in [6.45, 7) is 3.18. The van der Waals surface area contributed by atoms with Gasteiger partial charge in [-0.15, -0.1) is 0 Å². The molecule has 1 saturated heterocycles. The van der Waals surface area contributed by atoms with Crippen LogP contribution in [0.3, 0.4) is 0 Å². The highest BCUT2D eigenvalue weighted by Crippen LogP contribution is 2.29. The van der Waals surface area contributed by atoms with Crippen molar-refractivity contribution in [2.45, 2.75) is 25.7 Å². The zero-order valence-corrected chi connectivity index (χ0v) is 12.2. The molecule has 2 rings (SSSR count). The highest BCUT2D eigenvalue weighted by atomic mass is 16.4. The maximum atomic E-state index is 12.1. The van der Waals surface area contributed by atoms with E-state index in [4.69, 9.17) is 5.11 Å². The van der Waals surface area contributed by atoms with E-state index in [0.29, 0.717) is 24.9 Å². The van der Waals surface area contributed by atoms with E-state index >= 15 is 0 Å². The first kappa shape index (κ1) is 15.1. The molecule has 1 heterocycles. The van der Waals surface area contributed by atoms with E-state index in [0.717, 1.165) is 38.8 Å². The van der Waals surface area contributed by atoms with Crippen molar-refractivity contribution in [1.82, 2.24) is 15.1 Å². The van der Waals surface area contributed by atoms with Crippen LogP contribution < -0.4 is 5.32 Å². The molecule has 0 aromatic rings. The second-order valence-corrected chi connectivity index (χ2v) is 6.15. The molecule has 0 atom stereocenters. The molecular formula is C14H25N3O3. The van der Waals surface area contributed by atoms with E-state index in [2.05, 4.69) is 17.3 Å². The average Bonchev–Trinajstić information content (AvgIpc) is 3.20. The van der Waals surface area contributed by atoms with Gasteiger partial charge in [0.15, 0.2) is 0 Å². The Morgan fingerprint density at radius 3 is 2.40 bits per heavy atom. The summed E-state index contributed by atoms with van der Waals surface area (Å²) >= 11 is 0. The minimum absolute atomic E-state index is 0.199. The molecule has 1 aliphatic carbocycles. The SMILES string of the molecule is CN1CCC(CNC(=O)N(CC(=O)O)CC2CC2)CC1. The molecule has 2 fully saturated rings. The third kappa shape index (κ3) is 5.00. The largest absolute Gasteiger partial charge is 0.480 e. The lowest BCUT2D eigenvalue weighted by Gasteiger charge is -2.30. The van der Waals surface area contributed by atoms with Crippen molar-refractivity contribution in [1.29, 1.82) is 0 Å². The Labute approximate surface area is 120 Å². The summed E-state index contributed by atoms with van der Waals surface area (Å²) in [5.74, 6) is 0.0753. The van der Waals surface area contributed by atoms with Crippen LogP contribution in [0.25, 0.3) is 0 Å². The summed E-state index contributed by atoms with van der Waals surface area (Å²) in [5, 5.41) is 11.8. The molecule has 0 bridgehead atoms. The minimum atomic E-state index is -0.944. The van der Waals surface area contributed by atoms with Crippen molar-refractivity contribution >= 4 is 12.0 Å². The summed E-state index contributed by atoms with van der Waals surface area (Å²) in [7, 11) is 2.11. The molecular weight excluding hydrogens is 258 g/mol. The van der Waals surface area contributed by atoms with Crippen LogP contribution in [-0.4, -0.2) is 66.7 Å². The number of amides is 2. The normalized spacial score (nSPS) is 20.6. The fourth-order valence-electron chi connectivity index (χ4n) is 2.60. The van der Waals surface area contributed by atoms with Gasteiger partial charge in [-0.3, -0.25) is 4.79 Å². The van der Waals surface area contributed by atoms with Crippen LogP contribution >= 0.6 is 0 Å². The molecule has 0 radical (unpaired) electrons. The Kier molecular flexibility index (Phi) is 5.23. The number of nitrogens with zero attached hydrogens (tertiary/aromatic N) is 2. The molecule has 114 valence electrons. The predicted molar refractivity (Wildman–Crippen MR) is 75.6 cm³/mol. The van der Waals surface area contributed by atoms with Gasteiger partial charge in [0, 0.05) is 13.1 Å². The fraction of sp³-hybridized carbons (Fsp3) is 0.857. The summed E-state index contributed by atoms with van der Waals surface area (Å²) < 4.78 is 0. The molecule has 0 aromatic heterocycles. The fourth-order valence-corrected chi connectivity index (χ4v) is 2.60. The number of rotatable bonds is 6. The Balaban J connectivity index is 1.73. The zero-order chi connectivity index (χ0) is 14.5. The van der Waals surface area contributed by atoms with E-state index in [1.54, 1.807) is 0 Å². The summed E-state index contributed by atoms with van der Waals surface area (Å²) in [4.78, 5) is 26.7. The van der Waals surface area contributed by atoms with Gasteiger partial charge in [-0.1, -0.05) is 0 Å². The first-order chi connectivity index (χ1) is 9.54. The van der Waals surface area contributed by atoms with Crippen molar-refractivity contribution in [3.8, 4) is 0 Å². The molecule has 1 saturated carbocycles. The van der Waals surface area contributed by atoms with Crippen molar-refractivity contribution in [3.63, 3.8) is 0 Å². The lowest BCUT2D eigenvalue weighted by atomic mass is 9.97. The molecule has 2 aliphatic rings. The number of likely N-dealkylation sites (tertiary alicyclic amines) is 1. The van der Waals surface area contributed by atoms with Gasteiger partial charge in [0.05, 0.1) is 0 Å². The second kappa shape index (κ2) is 6.92. The van der Waals surface area contributed by atoms with Crippen molar-refractivity contribution in [3.05, 3.63) is 0 Å². The van der Waals surface area contributed by atoms with Crippen LogP contribution in [0.15, 0.2) is 0 Å². The molecule has 0 aromatic carbocycles. The third-order valence-corrected chi connectivity index (χ3v) is 4.17. The zero-order valence-electron chi connectivity index (χ0n) is 12.2. The molecule has 1 aliphatic heterocycles. The molecule has 6 heteroatoms. The van der Waals surface area contributed by atoms with E-state index in [9.17, 15) is 9.59 Å². The maximum absolute atomic E-state index is 12.1. The average molecular weight is 283 g/mol. The molecule has 20 heavy (non-hydrogen) atoms. The molecule has 0 unspecified atom stereocenters. The van der Waals surface area contributed by atoms with Crippen LogP contribution in [0.5, 0.6) is 0 Å². The number of carboxylic acid groups (broad SMARTS) is 1. The molecule has 6 nitrogen and oxygen atoms in total. The number of hydrogen-bond donors (Lipinski definition) is 2.